The number of nitrogens with zero attached hydrogens (tertiary/aromatic N) is 2. The van der Waals surface area contributed by atoms with Crippen molar-refractivity contribution in [1.82, 2.24) is 10.2 Å². The van der Waals surface area contributed by atoms with Crippen molar-refractivity contribution in [1.29, 1.82) is 0 Å². The minimum absolute atomic E-state index is 0.0466. The predicted molar refractivity (Wildman–Crippen MR) is 131 cm³/mol. The fourth-order valence-electron chi connectivity index (χ4n) is 3.35. The van der Waals surface area contributed by atoms with Crippen LogP contribution in [0.2, 0.25) is 0 Å². The van der Waals surface area contributed by atoms with Crippen LogP contribution in [0, 0.1) is 5.82 Å². The van der Waals surface area contributed by atoms with E-state index in [0.717, 1.165) is 20.6 Å². The monoisotopic (exact) mass is 541 g/mol. The molecule has 33 heavy (non-hydrogen) atoms. The number of anilines is 1. The molecule has 0 unspecified atom stereocenters. The highest BCUT2D eigenvalue weighted by atomic mass is 79.9. The molecule has 2 aromatic rings. The molecule has 0 saturated carbocycles. The van der Waals surface area contributed by atoms with E-state index in [0.29, 0.717) is 12.2 Å². The first-order valence-corrected chi connectivity index (χ1v) is 13.2. The molecule has 0 aliphatic carbocycles. The standard InChI is InChI=1S/C23H29BrFN3O4S/c1-4-26-23(30)17(2)27(16-18-7-5-8-19(24)15-18)22(29)9-6-14-28(33(3,31)32)21-12-10-20(25)11-13-21/h5,7-8,10-13,15,17H,4,6,9,14,16H2,1-3H3,(H,26,30)/t17-/m1/s1. The van der Waals surface area contributed by atoms with Gasteiger partial charge in [-0.25, -0.2) is 12.8 Å². The van der Waals surface area contributed by atoms with Crippen LogP contribution in [0.4, 0.5) is 10.1 Å². The van der Waals surface area contributed by atoms with E-state index in [-0.39, 0.29) is 37.7 Å². The molecule has 0 aliphatic rings. The Morgan fingerprint density at radius 2 is 1.82 bits per heavy atom. The first kappa shape index (κ1) is 26.8. The Morgan fingerprint density at radius 3 is 2.39 bits per heavy atom. The summed E-state index contributed by atoms with van der Waals surface area (Å²) in [5.74, 6) is -0.990. The summed E-state index contributed by atoms with van der Waals surface area (Å²) in [7, 11) is -3.62. The van der Waals surface area contributed by atoms with E-state index in [1.54, 1.807) is 13.8 Å². The van der Waals surface area contributed by atoms with Crippen molar-refractivity contribution in [3.8, 4) is 0 Å². The zero-order valence-electron chi connectivity index (χ0n) is 18.9. The van der Waals surface area contributed by atoms with Crippen LogP contribution >= 0.6 is 15.9 Å². The number of halogens is 2. The average molecular weight is 542 g/mol. The van der Waals surface area contributed by atoms with Gasteiger partial charge in [-0.2, -0.15) is 0 Å². The lowest BCUT2D eigenvalue weighted by atomic mass is 10.1. The summed E-state index contributed by atoms with van der Waals surface area (Å²) in [6, 6.07) is 11.9. The van der Waals surface area contributed by atoms with Crippen molar-refractivity contribution in [3.05, 3.63) is 64.4 Å². The summed E-state index contributed by atoms with van der Waals surface area (Å²) in [6.45, 7) is 4.21. The van der Waals surface area contributed by atoms with E-state index in [1.165, 1.54) is 29.2 Å². The molecule has 0 aliphatic heterocycles. The van der Waals surface area contributed by atoms with E-state index < -0.39 is 21.9 Å². The predicted octanol–water partition coefficient (Wildman–Crippen LogP) is 3.69. The number of likely N-dealkylation sites (N-methyl/N-ethyl adjacent to an activating group) is 1. The highest BCUT2D eigenvalue weighted by molar-refractivity contribution is 9.10. The molecule has 0 fully saturated rings. The van der Waals surface area contributed by atoms with Gasteiger partial charge in [0.25, 0.3) is 0 Å². The molecule has 0 saturated heterocycles. The van der Waals surface area contributed by atoms with E-state index in [4.69, 9.17) is 0 Å². The van der Waals surface area contributed by atoms with Gasteiger partial charge in [-0.15, -0.1) is 0 Å². The quantitative estimate of drug-likeness (QED) is 0.470. The number of hydrogen-bond donors (Lipinski definition) is 1. The number of sulfonamides is 1. The molecule has 0 radical (unpaired) electrons. The number of benzene rings is 2. The number of amides is 2. The number of nitrogens with one attached hydrogen (secondary N) is 1. The Labute approximate surface area is 203 Å². The first-order valence-electron chi connectivity index (χ1n) is 10.6. The molecule has 0 aromatic heterocycles. The number of carbonyl (C=O) groups excluding carboxylic acids is 2. The molecule has 1 N–H and O–H groups in total. The molecule has 0 bridgehead atoms. The molecule has 10 heteroatoms. The van der Waals surface area contributed by atoms with E-state index >= 15 is 0 Å². The maximum absolute atomic E-state index is 13.2. The molecule has 7 nitrogen and oxygen atoms in total. The number of carbonyl (C=O) groups is 2. The van der Waals surface area contributed by atoms with Gasteiger partial charge in [0.2, 0.25) is 21.8 Å². The number of rotatable bonds is 11. The summed E-state index contributed by atoms with van der Waals surface area (Å²) < 4.78 is 39.7. The molecule has 1 atom stereocenters. The minimum atomic E-state index is -3.62. The summed E-state index contributed by atoms with van der Waals surface area (Å²) in [5.41, 5.74) is 1.19. The van der Waals surface area contributed by atoms with E-state index in [1.807, 2.05) is 24.3 Å². The van der Waals surface area contributed by atoms with Crippen LogP contribution < -0.4 is 9.62 Å². The van der Waals surface area contributed by atoms with Gasteiger partial charge in [-0.05, 0) is 62.2 Å². The van der Waals surface area contributed by atoms with Crippen molar-refractivity contribution in [2.24, 2.45) is 0 Å². The zero-order chi connectivity index (χ0) is 24.6. The maximum Gasteiger partial charge on any atom is 0.242 e. The summed E-state index contributed by atoms with van der Waals surface area (Å²) >= 11 is 3.41. The maximum atomic E-state index is 13.2. The third-order valence-electron chi connectivity index (χ3n) is 5.03. The Kier molecular flexibility index (Phi) is 9.85. The van der Waals surface area contributed by atoms with Crippen LogP contribution in [0.1, 0.15) is 32.3 Å². The van der Waals surface area contributed by atoms with Gasteiger partial charge >= 0.3 is 0 Å². The van der Waals surface area contributed by atoms with Crippen LogP contribution in [0.15, 0.2) is 53.0 Å². The largest absolute Gasteiger partial charge is 0.355 e. The van der Waals surface area contributed by atoms with Gasteiger partial charge in [0.05, 0.1) is 11.9 Å². The smallest absolute Gasteiger partial charge is 0.242 e. The second kappa shape index (κ2) is 12.1. The Hall–Kier alpha value is -2.46. The van der Waals surface area contributed by atoms with Gasteiger partial charge in [0.1, 0.15) is 11.9 Å². The Morgan fingerprint density at radius 1 is 1.15 bits per heavy atom. The zero-order valence-corrected chi connectivity index (χ0v) is 21.3. The molecule has 2 rings (SSSR count). The Balaban J connectivity index is 2.14. The number of hydrogen-bond acceptors (Lipinski definition) is 4. The normalized spacial score (nSPS) is 12.2. The Bertz CT molecular complexity index is 1060. The van der Waals surface area contributed by atoms with Gasteiger partial charge in [0.15, 0.2) is 0 Å². The summed E-state index contributed by atoms with van der Waals surface area (Å²) in [5, 5.41) is 2.74. The van der Waals surface area contributed by atoms with Crippen LogP contribution in [-0.2, 0) is 26.2 Å². The molecule has 0 spiro atoms. The van der Waals surface area contributed by atoms with Crippen LogP contribution in [0.25, 0.3) is 0 Å². The SMILES string of the molecule is CCNC(=O)[C@@H](C)N(Cc1cccc(Br)c1)C(=O)CCCN(c1ccc(F)cc1)S(C)(=O)=O. The van der Waals surface area contributed by atoms with Gasteiger partial charge < -0.3 is 10.2 Å². The lowest BCUT2D eigenvalue weighted by Crippen LogP contribution is -2.47. The minimum Gasteiger partial charge on any atom is -0.355 e. The topological polar surface area (TPSA) is 86.8 Å². The lowest BCUT2D eigenvalue weighted by Gasteiger charge is -2.29. The van der Waals surface area contributed by atoms with E-state index in [2.05, 4.69) is 21.2 Å². The third-order valence-corrected chi connectivity index (χ3v) is 6.71. The molecule has 180 valence electrons. The van der Waals surface area contributed by atoms with Crippen LogP contribution in [-0.4, -0.2) is 50.5 Å². The van der Waals surface area contributed by atoms with Crippen molar-refractivity contribution in [3.63, 3.8) is 0 Å². The lowest BCUT2D eigenvalue weighted by molar-refractivity contribution is -0.140. The van der Waals surface area contributed by atoms with Crippen molar-refractivity contribution < 1.29 is 22.4 Å². The molecule has 2 amide bonds. The molecule has 2 aromatic carbocycles. The van der Waals surface area contributed by atoms with Gasteiger partial charge in [0, 0.05) is 30.5 Å². The highest BCUT2D eigenvalue weighted by Gasteiger charge is 2.26. The third kappa shape index (κ3) is 8.12. The van der Waals surface area contributed by atoms with Crippen LogP contribution in [0.5, 0.6) is 0 Å². The molecular weight excluding hydrogens is 513 g/mol. The summed E-state index contributed by atoms with van der Waals surface area (Å²) in [4.78, 5) is 27.0. The fourth-order valence-corrected chi connectivity index (χ4v) is 4.76. The van der Waals surface area contributed by atoms with E-state index in [9.17, 15) is 22.4 Å². The highest BCUT2D eigenvalue weighted by Crippen LogP contribution is 2.20. The van der Waals surface area contributed by atoms with Crippen molar-refractivity contribution in [2.45, 2.75) is 39.3 Å². The second-order valence-electron chi connectivity index (χ2n) is 7.64. The summed E-state index contributed by atoms with van der Waals surface area (Å²) in [6.07, 6.45) is 1.35. The van der Waals surface area contributed by atoms with Gasteiger partial charge in [-0.1, -0.05) is 28.1 Å². The van der Waals surface area contributed by atoms with Gasteiger partial charge in [-0.3, -0.25) is 13.9 Å². The van der Waals surface area contributed by atoms with Crippen LogP contribution in [0.3, 0.4) is 0 Å². The molecular formula is C23H29BrFN3O4S. The molecule has 0 heterocycles. The van der Waals surface area contributed by atoms with Crippen molar-refractivity contribution >= 4 is 43.5 Å². The van der Waals surface area contributed by atoms with Crippen molar-refractivity contribution in [2.75, 3.05) is 23.7 Å². The second-order valence-corrected chi connectivity index (χ2v) is 10.5. The average Bonchev–Trinajstić information content (AvgIpc) is 2.74. The first-order chi connectivity index (χ1) is 15.5. The fraction of sp³-hybridized carbons (Fsp3) is 0.391.